The van der Waals surface area contributed by atoms with Crippen molar-refractivity contribution in [2.75, 3.05) is 4.72 Å². The first-order chi connectivity index (χ1) is 16.3. The molecule has 0 aliphatic rings. The Balaban J connectivity index is 1.51. The van der Waals surface area contributed by atoms with E-state index in [1.165, 1.54) is 30.5 Å². The number of halogens is 1. The lowest BCUT2D eigenvalue weighted by molar-refractivity contribution is 0.103. The number of H-pyrrole nitrogens is 1. The Morgan fingerprint density at radius 2 is 1.82 bits per heavy atom. The summed E-state index contributed by atoms with van der Waals surface area (Å²) >= 11 is 0. The molecule has 3 aromatic heterocycles. The van der Waals surface area contributed by atoms with Crippen LogP contribution in [0.3, 0.4) is 0 Å². The molecule has 0 unspecified atom stereocenters. The van der Waals surface area contributed by atoms with Gasteiger partial charge in [0.05, 0.1) is 16.7 Å². The molecule has 5 rings (SSSR count). The van der Waals surface area contributed by atoms with Gasteiger partial charge in [0, 0.05) is 53.4 Å². The summed E-state index contributed by atoms with van der Waals surface area (Å²) in [5.74, 6) is -1.37. The van der Waals surface area contributed by atoms with Crippen molar-refractivity contribution in [3.8, 4) is 11.1 Å². The molecule has 2 N–H and O–H groups in total. The van der Waals surface area contributed by atoms with Gasteiger partial charge in [0.2, 0.25) is 0 Å². The number of nitrogens with one attached hydrogen (secondary N) is 2. The van der Waals surface area contributed by atoms with Gasteiger partial charge in [-0.1, -0.05) is 18.2 Å². The van der Waals surface area contributed by atoms with E-state index in [0.29, 0.717) is 11.0 Å². The molecule has 170 valence electrons. The van der Waals surface area contributed by atoms with Crippen LogP contribution in [0.25, 0.3) is 22.2 Å². The quantitative estimate of drug-likeness (QED) is 0.359. The molecule has 3 heterocycles. The lowest BCUT2D eigenvalue weighted by Crippen LogP contribution is -2.14. The van der Waals surface area contributed by atoms with Gasteiger partial charge in [-0.15, -0.1) is 0 Å². The van der Waals surface area contributed by atoms with E-state index >= 15 is 0 Å². The summed E-state index contributed by atoms with van der Waals surface area (Å²) < 4.78 is 44.0. The van der Waals surface area contributed by atoms with Gasteiger partial charge in [0.25, 0.3) is 10.0 Å². The third-order valence-corrected chi connectivity index (χ3v) is 6.73. The maximum Gasteiger partial charge on any atom is 0.261 e. The molecule has 8 nitrogen and oxygen atoms in total. The highest BCUT2D eigenvalue weighted by atomic mass is 32.2. The SMILES string of the molecule is Cn1cc(-c2cnc3[nH]cc(C(=O)c4cc(NS(=O)(=O)c5ccccc5)ccc4F)c3c2)cn1. The van der Waals surface area contributed by atoms with Crippen molar-refractivity contribution in [1.82, 2.24) is 19.7 Å². The Bertz CT molecular complexity index is 1640. The second-order valence-electron chi connectivity index (χ2n) is 7.67. The Morgan fingerprint density at radius 3 is 2.56 bits per heavy atom. The van der Waals surface area contributed by atoms with E-state index in [9.17, 15) is 17.6 Å². The van der Waals surface area contributed by atoms with Crippen molar-refractivity contribution >= 4 is 32.5 Å². The second-order valence-corrected chi connectivity index (χ2v) is 9.35. The molecule has 2 aromatic carbocycles. The number of carbonyl (C=O) groups is 1. The van der Waals surface area contributed by atoms with E-state index in [4.69, 9.17) is 0 Å². The first-order valence-electron chi connectivity index (χ1n) is 10.2. The highest BCUT2D eigenvalue weighted by Crippen LogP contribution is 2.28. The van der Waals surface area contributed by atoms with E-state index in [-0.39, 0.29) is 21.7 Å². The van der Waals surface area contributed by atoms with Gasteiger partial charge in [-0.3, -0.25) is 14.2 Å². The predicted molar refractivity (Wildman–Crippen MR) is 125 cm³/mol. The summed E-state index contributed by atoms with van der Waals surface area (Å²) in [4.78, 5) is 20.6. The summed E-state index contributed by atoms with van der Waals surface area (Å²) in [7, 11) is -2.11. The van der Waals surface area contributed by atoms with Crippen LogP contribution in [0.15, 0.2) is 84.3 Å². The van der Waals surface area contributed by atoms with Crippen LogP contribution in [0.1, 0.15) is 15.9 Å². The maximum atomic E-state index is 14.7. The summed E-state index contributed by atoms with van der Waals surface area (Å²) in [6, 6.07) is 13.1. The molecule has 0 saturated carbocycles. The number of pyridine rings is 1. The molecule has 0 aliphatic carbocycles. The van der Waals surface area contributed by atoms with E-state index in [1.807, 2.05) is 6.20 Å². The number of hydrogen-bond donors (Lipinski definition) is 2. The number of aromatic amines is 1. The number of hydrogen-bond acceptors (Lipinski definition) is 5. The van der Waals surface area contributed by atoms with Crippen molar-refractivity contribution < 1.29 is 17.6 Å². The van der Waals surface area contributed by atoms with E-state index in [0.717, 1.165) is 17.2 Å². The topological polar surface area (TPSA) is 110 Å². The number of aryl methyl sites for hydroxylation is 1. The number of fused-ring (bicyclic) bond motifs is 1. The maximum absolute atomic E-state index is 14.7. The number of rotatable bonds is 6. The van der Waals surface area contributed by atoms with Gasteiger partial charge in [-0.25, -0.2) is 17.8 Å². The zero-order valence-corrected chi connectivity index (χ0v) is 18.7. The second kappa shape index (κ2) is 8.23. The van der Waals surface area contributed by atoms with Gasteiger partial charge in [-0.05, 0) is 36.4 Å². The minimum absolute atomic E-state index is 0.0536. The lowest BCUT2D eigenvalue weighted by Gasteiger charge is -2.10. The standard InChI is InChI=1S/C24H18FN5O3S/c1-30-14-16(12-28-30)15-9-19-21(13-27-24(19)26-11-15)23(31)20-10-17(7-8-22(20)25)29-34(32,33)18-5-3-2-4-6-18/h2-14,29H,1H3,(H,26,27). The molecule has 0 atom stereocenters. The predicted octanol–water partition coefficient (Wildman–Crippen LogP) is 4.13. The third-order valence-electron chi connectivity index (χ3n) is 5.33. The van der Waals surface area contributed by atoms with Crippen molar-refractivity contribution in [2.24, 2.45) is 7.05 Å². The summed E-state index contributed by atoms with van der Waals surface area (Å²) in [5.41, 5.74) is 2.06. The van der Waals surface area contributed by atoms with Crippen molar-refractivity contribution in [2.45, 2.75) is 4.90 Å². The molecular formula is C24H18FN5O3S. The Morgan fingerprint density at radius 1 is 1.03 bits per heavy atom. The van der Waals surface area contributed by atoms with Gasteiger partial charge in [0.15, 0.2) is 5.78 Å². The van der Waals surface area contributed by atoms with Crippen LogP contribution in [0.5, 0.6) is 0 Å². The fourth-order valence-corrected chi connectivity index (χ4v) is 4.71. The minimum atomic E-state index is -3.90. The first kappa shape index (κ1) is 21.5. The molecule has 0 spiro atoms. The lowest BCUT2D eigenvalue weighted by atomic mass is 10.0. The zero-order valence-electron chi connectivity index (χ0n) is 17.9. The normalized spacial score (nSPS) is 11.6. The van der Waals surface area contributed by atoms with Gasteiger partial charge in [0.1, 0.15) is 11.5 Å². The Hall–Kier alpha value is -4.31. The molecule has 0 fully saturated rings. The van der Waals surface area contributed by atoms with Crippen LogP contribution in [-0.2, 0) is 17.1 Å². The van der Waals surface area contributed by atoms with Crippen LogP contribution >= 0.6 is 0 Å². The largest absolute Gasteiger partial charge is 0.345 e. The average molecular weight is 476 g/mol. The van der Waals surface area contributed by atoms with Crippen LogP contribution in [0, 0.1) is 5.82 Å². The molecule has 5 aromatic rings. The molecule has 34 heavy (non-hydrogen) atoms. The molecule has 0 radical (unpaired) electrons. The van der Waals surface area contributed by atoms with Crippen molar-refractivity contribution in [3.05, 3.63) is 96.3 Å². The highest BCUT2D eigenvalue weighted by Gasteiger charge is 2.21. The van der Waals surface area contributed by atoms with Crippen LogP contribution in [-0.4, -0.2) is 33.9 Å². The van der Waals surface area contributed by atoms with Crippen LogP contribution < -0.4 is 4.72 Å². The smallest absolute Gasteiger partial charge is 0.261 e. The highest BCUT2D eigenvalue weighted by molar-refractivity contribution is 7.92. The van der Waals surface area contributed by atoms with Gasteiger partial charge < -0.3 is 4.98 Å². The number of nitrogens with zero attached hydrogens (tertiary/aromatic N) is 3. The fourth-order valence-electron chi connectivity index (χ4n) is 3.64. The average Bonchev–Trinajstić information content (AvgIpc) is 3.46. The van der Waals surface area contributed by atoms with E-state index < -0.39 is 21.6 Å². The first-order valence-corrected chi connectivity index (χ1v) is 11.7. The van der Waals surface area contributed by atoms with E-state index in [2.05, 4.69) is 19.8 Å². The number of ketones is 1. The van der Waals surface area contributed by atoms with Crippen LogP contribution in [0.2, 0.25) is 0 Å². The fraction of sp³-hybridized carbons (Fsp3) is 0.0417. The summed E-state index contributed by atoms with van der Waals surface area (Å²) in [5, 5.41) is 4.66. The Labute approximate surface area is 194 Å². The van der Waals surface area contributed by atoms with Gasteiger partial charge >= 0.3 is 0 Å². The van der Waals surface area contributed by atoms with Crippen molar-refractivity contribution in [1.29, 1.82) is 0 Å². The number of carbonyl (C=O) groups excluding carboxylic acids is 1. The van der Waals surface area contributed by atoms with Crippen LogP contribution in [0.4, 0.5) is 10.1 Å². The number of sulfonamides is 1. The third kappa shape index (κ3) is 3.95. The molecule has 0 bridgehead atoms. The van der Waals surface area contributed by atoms with Gasteiger partial charge in [-0.2, -0.15) is 5.10 Å². The zero-order chi connectivity index (χ0) is 23.9. The molecule has 0 amide bonds. The van der Waals surface area contributed by atoms with E-state index in [1.54, 1.807) is 48.4 Å². The summed E-state index contributed by atoms with van der Waals surface area (Å²) in [6.45, 7) is 0. The number of anilines is 1. The van der Waals surface area contributed by atoms with Crippen molar-refractivity contribution in [3.63, 3.8) is 0 Å². The Kier molecular flexibility index (Phi) is 5.21. The monoisotopic (exact) mass is 475 g/mol. The summed E-state index contributed by atoms with van der Waals surface area (Å²) in [6.07, 6.45) is 6.62. The molecule has 10 heteroatoms. The minimum Gasteiger partial charge on any atom is -0.345 e. The molecule has 0 aliphatic heterocycles. The molecular weight excluding hydrogens is 457 g/mol. The molecule has 0 saturated heterocycles. The number of benzene rings is 2. The number of aromatic nitrogens is 4.